The highest BCUT2D eigenvalue weighted by Crippen LogP contribution is 2.33. The summed E-state index contributed by atoms with van der Waals surface area (Å²) in [5.41, 5.74) is 1.37. The Kier molecular flexibility index (Phi) is 3.92. The number of benzene rings is 1. The van der Waals surface area contributed by atoms with E-state index < -0.39 is 0 Å². The van der Waals surface area contributed by atoms with Crippen LogP contribution in [0.1, 0.15) is 31.2 Å². The molecule has 1 fully saturated rings. The fraction of sp³-hybridized carbons (Fsp3) is 0.625. The molecule has 0 radical (unpaired) electrons. The van der Waals surface area contributed by atoms with Gasteiger partial charge in [0.1, 0.15) is 0 Å². The van der Waals surface area contributed by atoms with Crippen molar-refractivity contribution in [3.8, 4) is 11.5 Å². The summed E-state index contributed by atoms with van der Waals surface area (Å²) >= 11 is 0. The normalized spacial score (nSPS) is 26.2. The summed E-state index contributed by atoms with van der Waals surface area (Å²) in [4.78, 5) is 0. The SMILES string of the molecule is CNC1CCCC1Cc1ccc2c(c1)OCCCO2. The van der Waals surface area contributed by atoms with Gasteiger partial charge in [0, 0.05) is 12.5 Å². The van der Waals surface area contributed by atoms with E-state index in [1.165, 1.54) is 24.8 Å². The van der Waals surface area contributed by atoms with Crippen LogP contribution in [-0.4, -0.2) is 26.3 Å². The van der Waals surface area contributed by atoms with Gasteiger partial charge in [0.05, 0.1) is 13.2 Å². The summed E-state index contributed by atoms with van der Waals surface area (Å²) < 4.78 is 11.4. The fourth-order valence-corrected chi connectivity index (χ4v) is 3.30. The Morgan fingerprint density at radius 2 is 1.95 bits per heavy atom. The molecule has 0 spiro atoms. The first-order valence-electron chi connectivity index (χ1n) is 7.42. The van der Waals surface area contributed by atoms with E-state index >= 15 is 0 Å². The van der Waals surface area contributed by atoms with Crippen molar-refractivity contribution in [1.82, 2.24) is 5.32 Å². The molecule has 19 heavy (non-hydrogen) atoms. The van der Waals surface area contributed by atoms with Crippen LogP contribution in [0.2, 0.25) is 0 Å². The number of nitrogens with one attached hydrogen (secondary N) is 1. The highest BCUT2D eigenvalue weighted by molar-refractivity contribution is 5.43. The van der Waals surface area contributed by atoms with Crippen LogP contribution in [0.5, 0.6) is 11.5 Å². The minimum Gasteiger partial charge on any atom is -0.490 e. The lowest BCUT2D eigenvalue weighted by atomic mass is 9.94. The first kappa shape index (κ1) is 12.8. The van der Waals surface area contributed by atoms with E-state index in [2.05, 4.69) is 30.6 Å². The summed E-state index contributed by atoms with van der Waals surface area (Å²) in [6.07, 6.45) is 6.10. The van der Waals surface area contributed by atoms with E-state index in [-0.39, 0.29) is 0 Å². The molecule has 1 aliphatic heterocycles. The molecule has 3 heteroatoms. The number of fused-ring (bicyclic) bond motifs is 1. The molecule has 104 valence electrons. The third-order valence-electron chi connectivity index (χ3n) is 4.34. The van der Waals surface area contributed by atoms with E-state index in [0.717, 1.165) is 43.5 Å². The number of ether oxygens (including phenoxy) is 2. The zero-order valence-corrected chi connectivity index (χ0v) is 11.7. The molecule has 0 saturated heterocycles. The van der Waals surface area contributed by atoms with Crippen LogP contribution >= 0.6 is 0 Å². The second-order valence-electron chi connectivity index (χ2n) is 5.62. The van der Waals surface area contributed by atoms with E-state index in [9.17, 15) is 0 Å². The summed E-state index contributed by atoms with van der Waals surface area (Å²) in [5.74, 6) is 2.58. The van der Waals surface area contributed by atoms with Crippen LogP contribution in [0.4, 0.5) is 0 Å². The van der Waals surface area contributed by atoms with Gasteiger partial charge in [0.15, 0.2) is 11.5 Å². The second kappa shape index (κ2) is 5.83. The summed E-state index contributed by atoms with van der Waals surface area (Å²) in [6.45, 7) is 1.52. The Morgan fingerprint density at radius 3 is 2.79 bits per heavy atom. The lowest BCUT2D eigenvalue weighted by Crippen LogP contribution is -2.30. The zero-order valence-electron chi connectivity index (χ0n) is 11.7. The molecule has 1 heterocycles. The van der Waals surface area contributed by atoms with Crippen LogP contribution in [0.3, 0.4) is 0 Å². The lowest BCUT2D eigenvalue weighted by Gasteiger charge is -2.19. The van der Waals surface area contributed by atoms with Crippen molar-refractivity contribution in [2.24, 2.45) is 5.92 Å². The third kappa shape index (κ3) is 2.86. The van der Waals surface area contributed by atoms with Gasteiger partial charge in [0.2, 0.25) is 0 Å². The van der Waals surface area contributed by atoms with Gasteiger partial charge in [0.25, 0.3) is 0 Å². The van der Waals surface area contributed by atoms with Crippen molar-refractivity contribution in [3.05, 3.63) is 23.8 Å². The van der Waals surface area contributed by atoms with Crippen molar-refractivity contribution in [2.75, 3.05) is 20.3 Å². The predicted octanol–water partition coefficient (Wildman–Crippen LogP) is 2.78. The highest BCUT2D eigenvalue weighted by atomic mass is 16.5. The minimum absolute atomic E-state index is 0.677. The Hall–Kier alpha value is -1.22. The average Bonchev–Trinajstić information content (AvgIpc) is 2.74. The number of hydrogen-bond donors (Lipinski definition) is 1. The Bertz CT molecular complexity index is 433. The van der Waals surface area contributed by atoms with Gasteiger partial charge in [-0.2, -0.15) is 0 Å². The molecule has 3 rings (SSSR count). The predicted molar refractivity (Wildman–Crippen MR) is 75.9 cm³/mol. The van der Waals surface area contributed by atoms with Crippen LogP contribution in [0, 0.1) is 5.92 Å². The van der Waals surface area contributed by atoms with Gasteiger partial charge in [-0.15, -0.1) is 0 Å². The maximum atomic E-state index is 5.77. The quantitative estimate of drug-likeness (QED) is 0.907. The number of rotatable bonds is 3. The molecule has 1 aromatic carbocycles. The fourth-order valence-electron chi connectivity index (χ4n) is 3.30. The van der Waals surface area contributed by atoms with Crippen molar-refractivity contribution >= 4 is 0 Å². The molecule has 1 saturated carbocycles. The molecule has 3 nitrogen and oxygen atoms in total. The molecule has 0 aromatic heterocycles. The molecule has 1 N–H and O–H groups in total. The largest absolute Gasteiger partial charge is 0.490 e. The van der Waals surface area contributed by atoms with E-state index in [1.54, 1.807) is 0 Å². The summed E-state index contributed by atoms with van der Waals surface area (Å²) in [5, 5.41) is 3.45. The Balaban J connectivity index is 1.73. The average molecular weight is 261 g/mol. The van der Waals surface area contributed by atoms with Gasteiger partial charge >= 0.3 is 0 Å². The smallest absolute Gasteiger partial charge is 0.161 e. The molecule has 1 aliphatic carbocycles. The maximum absolute atomic E-state index is 5.77. The first-order chi connectivity index (χ1) is 9.36. The molecule has 2 atom stereocenters. The second-order valence-corrected chi connectivity index (χ2v) is 5.62. The van der Waals surface area contributed by atoms with Crippen molar-refractivity contribution in [1.29, 1.82) is 0 Å². The molecule has 1 aromatic rings. The monoisotopic (exact) mass is 261 g/mol. The third-order valence-corrected chi connectivity index (χ3v) is 4.34. The molecule has 0 amide bonds. The van der Waals surface area contributed by atoms with Crippen LogP contribution in [-0.2, 0) is 6.42 Å². The minimum atomic E-state index is 0.677. The van der Waals surface area contributed by atoms with Gasteiger partial charge in [-0.1, -0.05) is 12.5 Å². The van der Waals surface area contributed by atoms with Crippen LogP contribution in [0.25, 0.3) is 0 Å². The lowest BCUT2D eigenvalue weighted by molar-refractivity contribution is 0.297. The Morgan fingerprint density at radius 1 is 1.11 bits per heavy atom. The van der Waals surface area contributed by atoms with Crippen LogP contribution in [0.15, 0.2) is 18.2 Å². The zero-order chi connectivity index (χ0) is 13.1. The standard InChI is InChI=1S/C16H23NO2/c1-17-14-5-2-4-13(14)10-12-6-7-15-16(11-12)19-9-3-8-18-15/h6-7,11,13-14,17H,2-5,8-10H2,1H3. The number of hydrogen-bond acceptors (Lipinski definition) is 3. The topological polar surface area (TPSA) is 30.5 Å². The molecule has 2 aliphatic rings. The summed E-state index contributed by atoms with van der Waals surface area (Å²) in [6, 6.07) is 7.11. The molecular formula is C16H23NO2. The Labute approximate surface area is 115 Å². The highest BCUT2D eigenvalue weighted by Gasteiger charge is 2.26. The van der Waals surface area contributed by atoms with E-state index in [0.29, 0.717) is 6.04 Å². The van der Waals surface area contributed by atoms with E-state index in [4.69, 9.17) is 9.47 Å². The summed E-state index contributed by atoms with van der Waals surface area (Å²) in [7, 11) is 2.08. The van der Waals surface area contributed by atoms with Crippen molar-refractivity contribution < 1.29 is 9.47 Å². The van der Waals surface area contributed by atoms with Crippen molar-refractivity contribution in [3.63, 3.8) is 0 Å². The van der Waals surface area contributed by atoms with Gasteiger partial charge < -0.3 is 14.8 Å². The van der Waals surface area contributed by atoms with E-state index in [1.807, 2.05) is 0 Å². The molecule has 2 unspecified atom stereocenters. The molecular weight excluding hydrogens is 238 g/mol. The van der Waals surface area contributed by atoms with Crippen molar-refractivity contribution in [2.45, 2.75) is 38.1 Å². The molecule has 0 bridgehead atoms. The van der Waals surface area contributed by atoms with Gasteiger partial charge in [-0.3, -0.25) is 0 Å². The first-order valence-corrected chi connectivity index (χ1v) is 7.42. The van der Waals surface area contributed by atoms with Crippen LogP contribution < -0.4 is 14.8 Å². The maximum Gasteiger partial charge on any atom is 0.161 e. The van der Waals surface area contributed by atoms with Gasteiger partial charge in [-0.25, -0.2) is 0 Å². The van der Waals surface area contributed by atoms with Gasteiger partial charge in [-0.05, 0) is 49.9 Å².